The fourth-order valence-corrected chi connectivity index (χ4v) is 2.82. The van der Waals surface area contributed by atoms with Crippen molar-refractivity contribution in [3.8, 4) is 5.88 Å². The highest BCUT2D eigenvalue weighted by atomic mass is 16.3. The van der Waals surface area contributed by atoms with E-state index in [-0.39, 0.29) is 17.3 Å². The van der Waals surface area contributed by atoms with E-state index >= 15 is 0 Å². The van der Waals surface area contributed by atoms with Gasteiger partial charge in [-0.05, 0) is 31.6 Å². The fraction of sp³-hybridized carbons (Fsp3) is 0.692. The van der Waals surface area contributed by atoms with Gasteiger partial charge in [-0.1, -0.05) is 20.8 Å². The summed E-state index contributed by atoms with van der Waals surface area (Å²) in [6, 6.07) is 0. The van der Waals surface area contributed by atoms with Gasteiger partial charge in [-0.15, -0.1) is 0 Å². The standard InChI is InChI=1S/C13H20N2O3/c1-4-13(6-5-7-13)15-11(17)9(8(2)3)10(16)14-12(15)18/h8,17H,4-7H2,1-3H3,(H,14,16,18). The molecular formula is C13H20N2O3. The van der Waals surface area contributed by atoms with Crippen molar-refractivity contribution in [3.05, 3.63) is 26.4 Å². The number of aromatic nitrogens is 2. The van der Waals surface area contributed by atoms with E-state index in [0.29, 0.717) is 5.56 Å². The first-order valence-corrected chi connectivity index (χ1v) is 6.51. The van der Waals surface area contributed by atoms with Gasteiger partial charge in [0.1, 0.15) is 0 Å². The SMILES string of the molecule is CCC1(n2c(O)c(C(C)C)c(=O)[nH]c2=O)CCC1. The highest BCUT2D eigenvalue weighted by Crippen LogP contribution is 2.43. The Balaban J connectivity index is 2.72. The molecule has 2 N–H and O–H groups in total. The summed E-state index contributed by atoms with van der Waals surface area (Å²) in [6.45, 7) is 5.67. The highest BCUT2D eigenvalue weighted by molar-refractivity contribution is 5.27. The Bertz CT molecular complexity index is 559. The van der Waals surface area contributed by atoms with Crippen LogP contribution < -0.4 is 11.2 Å². The van der Waals surface area contributed by atoms with Crippen LogP contribution in [-0.4, -0.2) is 14.7 Å². The maximum atomic E-state index is 12.0. The molecule has 100 valence electrons. The van der Waals surface area contributed by atoms with E-state index in [2.05, 4.69) is 4.98 Å². The van der Waals surface area contributed by atoms with Gasteiger partial charge < -0.3 is 5.11 Å². The summed E-state index contributed by atoms with van der Waals surface area (Å²) in [4.78, 5) is 26.1. The minimum atomic E-state index is -0.497. The number of aromatic hydroxyl groups is 1. The quantitative estimate of drug-likeness (QED) is 0.859. The molecule has 0 saturated heterocycles. The Hall–Kier alpha value is -1.52. The maximum absolute atomic E-state index is 12.0. The van der Waals surface area contributed by atoms with Crippen molar-refractivity contribution in [1.29, 1.82) is 0 Å². The molecular weight excluding hydrogens is 232 g/mol. The summed E-state index contributed by atoms with van der Waals surface area (Å²) >= 11 is 0. The first-order valence-electron chi connectivity index (χ1n) is 6.51. The third kappa shape index (κ3) is 1.69. The molecule has 0 aliphatic heterocycles. The number of nitrogens with zero attached hydrogens (tertiary/aromatic N) is 1. The lowest BCUT2D eigenvalue weighted by Gasteiger charge is -2.43. The van der Waals surface area contributed by atoms with Crippen LogP contribution in [0.25, 0.3) is 0 Å². The first kappa shape index (κ1) is 12.9. The Kier molecular flexibility index (Phi) is 3.09. The number of rotatable bonds is 3. The normalized spacial score (nSPS) is 17.8. The molecule has 1 aromatic heterocycles. The zero-order valence-electron chi connectivity index (χ0n) is 11.1. The van der Waals surface area contributed by atoms with Gasteiger partial charge in [0.2, 0.25) is 5.88 Å². The van der Waals surface area contributed by atoms with Gasteiger partial charge in [-0.2, -0.15) is 0 Å². The Morgan fingerprint density at radius 1 is 1.39 bits per heavy atom. The summed E-state index contributed by atoms with van der Waals surface area (Å²) in [5, 5.41) is 10.3. The van der Waals surface area contributed by atoms with Crippen molar-refractivity contribution in [3.63, 3.8) is 0 Å². The molecule has 0 unspecified atom stereocenters. The van der Waals surface area contributed by atoms with Crippen LogP contribution in [0, 0.1) is 0 Å². The molecule has 1 heterocycles. The van der Waals surface area contributed by atoms with Crippen molar-refractivity contribution in [2.75, 3.05) is 0 Å². The summed E-state index contributed by atoms with van der Waals surface area (Å²) in [5.74, 6) is -0.269. The molecule has 1 saturated carbocycles. The van der Waals surface area contributed by atoms with E-state index in [4.69, 9.17) is 0 Å². The van der Waals surface area contributed by atoms with Crippen LogP contribution in [0.4, 0.5) is 0 Å². The predicted molar refractivity (Wildman–Crippen MR) is 69.2 cm³/mol. The third-order valence-electron chi connectivity index (χ3n) is 4.11. The van der Waals surface area contributed by atoms with E-state index < -0.39 is 11.2 Å². The zero-order valence-corrected chi connectivity index (χ0v) is 11.1. The molecule has 18 heavy (non-hydrogen) atoms. The molecule has 0 bridgehead atoms. The van der Waals surface area contributed by atoms with Gasteiger partial charge in [0.25, 0.3) is 5.56 Å². The van der Waals surface area contributed by atoms with E-state index in [9.17, 15) is 14.7 Å². The summed E-state index contributed by atoms with van der Waals surface area (Å²) < 4.78 is 1.40. The monoisotopic (exact) mass is 252 g/mol. The predicted octanol–water partition coefficient (Wildman–Crippen LogP) is 1.65. The van der Waals surface area contributed by atoms with Crippen molar-refractivity contribution in [2.24, 2.45) is 0 Å². The second-order valence-electron chi connectivity index (χ2n) is 5.42. The maximum Gasteiger partial charge on any atom is 0.331 e. The third-order valence-corrected chi connectivity index (χ3v) is 4.11. The number of H-pyrrole nitrogens is 1. The number of nitrogens with one attached hydrogen (secondary N) is 1. The molecule has 0 aromatic carbocycles. The summed E-state index contributed by atoms with van der Waals surface area (Å²) in [7, 11) is 0. The summed E-state index contributed by atoms with van der Waals surface area (Å²) in [5.41, 5.74) is -0.984. The van der Waals surface area contributed by atoms with Gasteiger partial charge in [-0.25, -0.2) is 4.79 Å². The van der Waals surface area contributed by atoms with Crippen LogP contribution >= 0.6 is 0 Å². The second-order valence-corrected chi connectivity index (χ2v) is 5.42. The van der Waals surface area contributed by atoms with Crippen molar-refractivity contribution >= 4 is 0 Å². The smallest absolute Gasteiger partial charge is 0.331 e. The molecule has 1 aliphatic rings. The van der Waals surface area contributed by atoms with Crippen LogP contribution in [0.3, 0.4) is 0 Å². The van der Waals surface area contributed by atoms with Gasteiger partial charge in [-0.3, -0.25) is 14.3 Å². The fourth-order valence-electron chi connectivity index (χ4n) is 2.82. The topological polar surface area (TPSA) is 75.1 Å². The molecule has 0 amide bonds. The van der Waals surface area contributed by atoms with Gasteiger partial charge in [0.15, 0.2) is 0 Å². The Morgan fingerprint density at radius 2 is 2.00 bits per heavy atom. The zero-order chi connectivity index (χ0) is 13.5. The molecule has 2 rings (SSSR count). The lowest BCUT2D eigenvalue weighted by atomic mass is 9.74. The minimum Gasteiger partial charge on any atom is -0.494 e. The number of hydrogen-bond donors (Lipinski definition) is 2. The van der Waals surface area contributed by atoms with Crippen LogP contribution in [-0.2, 0) is 5.54 Å². The molecule has 5 heteroatoms. The molecule has 0 atom stereocenters. The van der Waals surface area contributed by atoms with Crippen molar-refractivity contribution < 1.29 is 5.11 Å². The molecule has 1 aliphatic carbocycles. The molecule has 1 aromatic rings. The van der Waals surface area contributed by atoms with Crippen molar-refractivity contribution in [1.82, 2.24) is 9.55 Å². The van der Waals surface area contributed by atoms with E-state index in [1.165, 1.54) is 4.57 Å². The van der Waals surface area contributed by atoms with Crippen LogP contribution in [0.15, 0.2) is 9.59 Å². The van der Waals surface area contributed by atoms with Gasteiger partial charge in [0.05, 0.1) is 11.1 Å². The highest BCUT2D eigenvalue weighted by Gasteiger charge is 2.40. The lowest BCUT2D eigenvalue weighted by Crippen LogP contribution is -2.48. The average Bonchev–Trinajstić information content (AvgIpc) is 2.20. The lowest BCUT2D eigenvalue weighted by molar-refractivity contribution is 0.114. The largest absolute Gasteiger partial charge is 0.494 e. The van der Waals surface area contributed by atoms with E-state index in [1.807, 2.05) is 20.8 Å². The second kappa shape index (κ2) is 4.30. The molecule has 5 nitrogen and oxygen atoms in total. The number of aromatic amines is 1. The average molecular weight is 252 g/mol. The Morgan fingerprint density at radius 3 is 2.39 bits per heavy atom. The minimum absolute atomic E-state index is 0.116. The Labute approximate surface area is 105 Å². The van der Waals surface area contributed by atoms with Crippen LogP contribution in [0.1, 0.15) is 57.9 Å². The molecule has 1 fully saturated rings. The summed E-state index contributed by atoms with van der Waals surface area (Å²) in [6.07, 6.45) is 3.58. The van der Waals surface area contributed by atoms with Gasteiger partial charge in [0, 0.05) is 0 Å². The van der Waals surface area contributed by atoms with E-state index in [1.54, 1.807) is 0 Å². The van der Waals surface area contributed by atoms with Crippen molar-refractivity contribution in [2.45, 2.75) is 57.9 Å². The molecule has 0 spiro atoms. The van der Waals surface area contributed by atoms with Crippen LogP contribution in [0.5, 0.6) is 5.88 Å². The van der Waals surface area contributed by atoms with Gasteiger partial charge >= 0.3 is 5.69 Å². The first-order chi connectivity index (χ1) is 8.43. The van der Waals surface area contributed by atoms with Crippen LogP contribution in [0.2, 0.25) is 0 Å². The van der Waals surface area contributed by atoms with E-state index in [0.717, 1.165) is 25.7 Å². The number of hydrogen-bond acceptors (Lipinski definition) is 3. The molecule has 0 radical (unpaired) electrons.